The molecule has 0 aromatic heterocycles. The highest BCUT2D eigenvalue weighted by molar-refractivity contribution is 7.98. The van der Waals surface area contributed by atoms with Crippen LogP contribution in [0.3, 0.4) is 0 Å². The summed E-state index contributed by atoms with van der Waals surface area (Å²) in [5, 5.41) is 4.64. The van der Waals surface area contributed by atoms with Gasteiger partial charge in [-0.1, -0.05) is 42.5 Å². The number of amides is 3. The standard InChI is InChI=1S/C21H22N2O4S/c1-3-22-21(26)23-20(25)19(16-7-5-4-6-8-16)27-18(24)14-11-15-9-12-17(28-2)13-10-15/h4-14,19H,3H2,1-2H3,(H2,22,23,25,26)/b14-11+/t19-/m1/s1. The van der Waals surface area contributed by atoms with E-state index in [9.17, 15) is 14.4 Å². The van der Waals surface area contributed by atoms with E-state index in [1.54, 1.807) is 55.1 Å². The van der Waals surface area contributed by atoms with Crippen molar-refractivity contribution in [3.63, 3.8) is 0 Å². The van der Waals surface area contributed by atoms with E-state index in [0.29, 0.717) is 12.1 Å². The fraction of sp³-hybridized carbons (Fsp3) is 0.190. The molecule has 0 radical (unpaired) electrons. The first kappa shape index (κ1) is 21.2. The smallest absolute Gasteiger partial charge is 0.331 e. The highest BCUT2D eigenvalue weighted by Crippen LogP contribution is 2.19. The molecule has 6 nitrogen and oxygen atoms in total. The number of benzene rings is 2. The molecule has 0 aliphatic carbocycles. The van der Waals surface area contributed by atoms with Gasteiger partial charge in [-0.25, -0.2) is 9.59 Å². The minimum absolute atomic E-state index is 0.368. The van der Waals surface area contributed by atoms with E-state index in [4.69, 9.17) is 4.74 Å². The summed E-state index contributed by atoms with van der Waals surface area (Å²) < 4.78 is 5.32. The third-order valence-corrected chi connectivity index (χ3v) is 4.42. The lowest BCUT2D eigenvalue weighted by Crippen LogP contribution is -2.42. The fourth-order valence-electron chi connectivity index (χ4n) is 2.32. The van der Waals surface area contributed by atoms with Gasteiger partial charge in [-0.05, 0) is 37.0 Å². The molecule has 0 spiro atoms. The van der Waals surface area contributed by atoms with Gasteiger partial charge in [0.15, 0.2) is 0 Å². The minimum atomic E-state index is -1.24. The fourth-order valence-corrected chi connectivity index (χ4v) is 2.73. The lowest BCUT2D eigenvalue weighted by Gasteiger charge is -2.16. The minimum Gasteiger partial charge on any atom is -0.444 e. The van der Waals surface area contributed by atoms with Crippen molar-refractivity contribution < 1.29 is 19.1 Å². The van der Waals surface area contributed by atoms with Crippen molar-refractivity contribution in [2.24, 2.45) is 0 Å². The summed E-state index contributed by atoms with van der Waals surface area (Å²) in [5.74, 6) is -1.41. The second kappa shape index (κ2) is 10.9. The quantitative estimate of drug-likeness (QED) is 0.423. The van der Waals surface area contributed by atoms with Gasteiger partial charge in [-0.3, -0.25) is 10.1 Å². The molecule has 0 fully saturated rings. The number of nitrogens with one attached hydrogen (secondary N) is 2. The summed E-state index contributed by atoms with van der Waals surface area (Å²) in [6.45, 7) is 2.10. The van der Waals surface area contributed by atoms with Gasteiger partial charge < -0.3 is 10.1 Å². The second-order valence-corrected chi connectivity index (χ2v) is 6.56. The number of ether oxygens (including phenoxy) is 1. The Kier molecular flexibility index (Phi) is 8.30. The summed E-state index contributed by atoms with van der Waals surface area (Å²) in [6.07, 6.45) is 3.61. The number of carbonyl (C=O) groups is 3. The Morgan fingerprint density at radius 3 is 2.36 bits per heavy atom. The summed E-state index contributed by atoms with van der Waals surface area (Å²) in [5.41, 5.74) is 1.30. The van der Waals surface area contributed by atoms with E-state index < -0.39 is 24.0 Å². The van der Waals surface area contributed by atoms with Crippen molar-refractivity contribution in [3.8, 4) is 0 Å². The average Bonchev–Trinajstić information content (AvgIpc) is 2.71. The first-order chi connectivity index (χ1) is 13.5. The predicted octanol–water partition coefficient (Wildman–Crippen LogP) is 3.55. The molecule has 7 heteroatoms. The molecule has 0 saturated heterocycles. The highest BCUT2D eigenvalue weighted by Gasteiger charge is 2.25. The predicted molar refractivity (Wildman–Crippen MR) is 110 cm³/mol. The van der Waals surface area contributed by atoms with Crippen LogP contribution < -0.4 is 10.6 Å². The zero-order valence-electron chi connectivity index (χ0n) is 15.7. The number of hydrogen-bond acceptors (Lipinski definition) is 5. The zero-order chi connectivity index (χ0) is 20.4. The van der Waals surface area contributed by atoms with Gasteiger partial charge in [0.05, 0.1) is 0 Å². The van der Waals surface area contributed by atoms with E-state index in [0.717, 1.165) is 10.5 Å². The number of carbonyl (C=O) groups excluding carboxylic acids is 3. The van der Waals surface area contributed by atoms with Gasteiger partial charge in [0, 0.05) is 23.1 Å². The maximum Gasteiger partial charge on any atom is 0.331 e. The van der Waals surface area contributed by atoms with Crippen LogP contribution in [0.1, 0.15) is 24.2 Å². The number of imide groups is 1. The molecule has 0 heterocycles. The summed E-state index contributed by atoms with van der Waals surface area (Å²) >= 11 is 1.63. The highest BCUT2D eigenvalue weighted by atomic mass is 32.2. The van der Waals surface area contributed by atoms with Crippen molar-refractivity contribution in [1.82, 2.24) is 10.6 Å². The van der Waals surface area contributed by atoms with Gasteiger partial charge in [0.25, 0.3) is 5.91 Å². The Balaban J connectivity index is 2.10. The van der Waals surface area contributed by atoms with Crippen LogP contribution >= 0.6 is 11.8 Å². The lowest BCUT2D eigenvalue weighted by atomic mass is 10.1. The third kappa shape index (κ3) is 6.59. The van der Waals surface area contributed by atoms with E-state index in [1.165, 1.54) is 6.08 Å². The molecule has 0 aliphatic rings. The molecule has 3 amide bonds. The molecule has 1 atom stereocenters. The number of esters is 1. The van der Waals surface area contributed by atoms with E-state index in [1.807, 2.05) is 30.5 Å². The monoisotopic (exact) mass is 398 g/mol. The first-order valence-corrected chi connectivity index (χ1v) is 9.92. The molecule has 0 aliphatic heterocycles. The van der Waals surface area contributed by atoms with Gasteiger partial charge in [0.2, 0.25) is 6.10 Å². The molecular weight excluding hydrogens is 376 g/mol. The molecular formula is C21H22N2O4S. The van der Waals surface area contributed by atoms with Crippen molar-refractivity contribution in [3.05, 3.63) is 71.8 Å². The molecule has 0 bridgehead atoms. The number of thioether (sulfide) groups is 1. The number of urea groups is 1. The maximum absolute atomic E-state index is 12.4. The SMILES string of the molecule is CCNC(=O)NC(=O)[C@H](OC(=O)/C=C/c1ccc(SC)cc1)c1ccccc1. The van der Waals surface area contributed by atoms with E-state index >= 15 is 0 Å². The van der Waals surface area contributed by atoms with Crippen LogP contribution in [-0.2, 0) is 14.3 Å². The Morgan fingerprint density at radius 2 is 1.75 bits per heavy atom. The van der Waals surface area contributed by atoms with Crippen molar-refractivity contribution >= 4 is 35.7 Å². The van der Waals surface area contributed by atoms with Gasteiger partial charge >= 0.3 is 12.0 Å². The molecule has 2 rings (SSSR count). The Morgan fingerprint density at radius 1 is 1.07 bits per heavy atom. The molecule has 2 aromatic rings. The Bertz CT molecular complexity index is 835. The summed E-state index contributed by atoms with van der Waals surface area (Å²) in [6, 6.07) is 15.5. The van der Waals surface area contributed by atoms with Crippen LogP contribution in [0, 0.1) is 0 Å². The molecule has 28 heavy (non-hydrogen) atoms. The average molecular weight is 398 g/mol. The van der Waals surface area contributed by atoms with E-state index in [-0.39, 0.29) is 0 Å². The normalized spacial score (nSPS) is 11.6. The Hall–Kier alpha value is -3.06. The van der Waals surface area contributed by atoms with Crippen molar-refractivity contribution in [2.75, 3.05) is 12.8 Å². The lowest BCUT2D eigenvalue weighted by molar-refractivity contribution is -0.151. The summed E-state index contributed by atoms with van der Waals surface area (Å²) in [4.78, 5) is 37.4. The zero-order valence-corrected chi connectivity index (χ0v) is 16.5. The van der Waals surface area contributed by atoms with Crippen molar-refractivity contribution in [1.29, 1.82) is 0 Å². The first-order valence-electron chi connectivity index (χ1n) is 8.70. The molecule has 2 aromatic carbocycles. The number of rotatable bonds is 7. The molecule has 0 unspecified atom stereocenters. The molecule has 0 saturated carbocycles. The van der Waals surface area contributed by atoms with E-state index in [2.05, 4.69) is 10.6 Å². The van der Waals surface area contributed by atoms with Crippen LogP contribution in [0.2, 0.25) is 0 Å². The van der Waals surface area contributed by atoms with Crippen LogP contribution in [0.5, 0.6) is 0 Å². The molecule has 2 N–H and O–H groups in total. The second-order valence-electron chi connectivity index (χ2n) is 5.68. The van der Waals surface area contributed by atoms with Gasteiger partial charge in [0.1, 0.15) is 0 Å². The topological polar surface area (TPSA) is 84.5 Å². The van der Waals surface area contributed by atoms with Crippen LogP contribution in [0.4, 0.5) is 4.79 Å². The van der Waals surface area contributed by atoms with Crippen LogP contribution in [0.25, 0.3) is 6.08 Å². The largest absolute Gasteiger partial charge is 0.444 e. The van der Waals surface area contributed by atoms with Gasteiger partial charge in [-0.2, -0.15) is 0 Å². The van der Waals surface area contributed by atoms with Gasteiger partial charge in [-0.15, -0.1) is 11.8 Å². The van der Waals surface area contributed by atoms with Crippen LogP contribution in [0.15, 0.2) is 65.6 Å². The van der Waals surface area contributed by atoms with Crippen molar-refractivity contribution in [2.45, 2.75) is 17.9 Å². The molecule has 146 valence electrons. The summed E-state index contributed by atoms with van der Waals surface area (Å²) in [7, 11) is 0. The third-order valence-electron chi connectivity index (χ3n) is 3.68. The Labute approximate surface area is 168 Å². The number of hydrogen-bond donors (Lipinski definition) is 2. The van der Waals surface area contributed by atoms with Crippen LogP contribution in [-0.4, -0.2) is 30.7 Å². The maximum atomic E-state index is 12.4.